The Labute approximate surface area is 187 Å². The Morgan fingerprint density at radius 1 is 0.938 bits per heavy atom. The molecule has 2 aromatic carbocycles. The van der Waals surface area contributed by atoms with E-state index < -0.39 is 10.0 Å². The van der Waals surface area contributed by atoms with Crippen molar-refractivity contribution < 1.29 is 12.8 Å². The highest BCUT2D eigenvalue weighted by molar-refractivity contribution is 7.89. The van der Waals surface area contributed by atoms with Gasteiger partial charge in [-0.3, -0.25) is 4.98 Å². The van der Waals surface area contributed by atoms with Crippen LogP contribution in [0.2, 0.25) is 0 Å². The Morgan fingerprint density at radius 2 is 1.69 bits per heavy atom. The lowest BCUT2D eigenvalue weighted by Gasteiger charge is -2.22. The fourth-order valence-corrected chi connectivity index (χ4v) is 4.74. The Morgan fingerprint density at radius 3 is 2.38 bits per heavy atom. The predicted molar refractivity (Wildman–Crippen MR) is 120 cm³/mol. The molecule has 0 amide bonds. The van der Waals surface area contributed by atoms with E-state index in [0.29, 0.717) is 12.4 Å². The second kappa shape index (κ2) is 9.42. The number of imidazole rings is 1. The third-order valence-corrected chi connectivity index (χ3v) is 6.93. The number of benzene rings is 2. The molecule has 0 unspecified atom stereocenters. The number of sulfonamides is 1. The summed E-state index contributed by atoms with van der Waals surface area (Å²) >= 11 is 0. The molecule has 0 N–H and O–H groups in total. The topological polar surface area (TPSA) is 68.1 Å². The van der Waals surface area contributed by atoms with Crippen molar-refractivity contribution in [2.45, 2.75) is 31.5 Å². The maximum Gasteiger partial charge on any atom is 0.243 e. The minimum Gasteiger partial charge on any atom is -0.329 e. The van der Waals surface area contributed by atoms with Crippen LogP contribution in [0.5, 0.6) is 0 Å². The number of hydrogen-bond donors (Lipinski definition) is 0. The lowest BCUT2D eigenvalue weighted by atomic mass is 10.2. The van der Waals surface area contributed by atoms with Crippen LogP contribution in [0.4, 0.5) is 4.39 Å². The van der Waals surface area contributed by atoms with Crippen LogP contribution in [0.3, 0.4) is 0 Å². The van der Waals surface area contributed by atoms with Crippen LogP contribution in [-0.4, -0.2) is 27.3 Å². The second-order valence-electron chi connectivity index (χ2n) is 7.55. The molecule has 0 saturated heterocycles. The van der Waals surface area contributed by atoms with Crippen molar-refractivity contribution in [2.75, 3.05) is 0 Å². The minimum absolute atomic E-state index is 0.0826. The van der Waals surface area contributed by atoms with Crippen molar-refractivity contribution in [3.63, 3.8) is 0 Å². The fraction of sp³-hybridized carbons (Fsp3) is 0.167. The highest BCUT2D eigenvalue weighted by Gasteiger charge is 2.26. The molecule has 0 radical (unpaired) electrons. The lowest BCUT2D eigenvalue weighted by Crippen LogP contribution is -2.31. The maximum absolute atomic E-state index is 13.5. The van der Waals surface area contributed by atoms with Crippen molar-refractivity contribution in [1.29, 1.82) is 0 Å². The maximum atomic E-state index is 13.5. The molecule has 2 aromatic heterocycles. The summed E-state index contributed by atoms with van der Waals surface area (Å²) in [6.07, 6.45) is 6.74. The van der Waals surface area contributed by atoms with Gasteiger partial charge in [0.15, 0.2) is 0 Å². The monoisotopic (exact) mass is 450 g/mol. The number of aromatic nitrogens is 3. The molecule has 0 aliphatic heterocycles. The van der Waals surface area contributed by atoms with E-state index in [-0.39, 0.29) is 23.8 Å². The molecule has 0 bridgehead atoms. The third kappa shape index (κ3) is 5.09. The lowest BCUT2D eigenvalue weighted by molar-refractivity contribution is 0.385. The predicted octanol–water partition coefficient (Wildman–Crippen LogP) is 4.17. The number of nitrogens with zero attached hydrogens (tertiary/aromatic N) is 4. The summed E-state index contributed by atoms with van der Waals surface area (Å²) in [5.74, 6) is 0.292. The molecule has 0 atom stereocenters. The van der Waals surface area contributed by atoms with Crippen molar-refractivity contribution >= 4 is 10.0 Å². The zero-order valence-electron chi connectivity index (χ0n) is 17.6. The Bertz CT molecular complexity index is 1270. The van der Waals surface area contributed by atoms with Gasteiger partial charge < -0.3 is 4.57 Å². The first kappa shape index (κ1) is 21.9. The zero-order valence-corrected chi connectivity index (χ0v) is 18.4. The first-order chi connectivity index (χ1) is 15.4. The number of pyridine rings is 1. The third-order valence-electron chi connectivity index (χ3n) is 5.13. The molecule has 0 aliphatic carbocycles. The van der Waals surface area contributed by atoms with Gasteiger partial charge in [0.1, 0.15) is 11.6 Å². The number of hydrogen-bond acceptors (Lipinski definition) is 4. The quantitative estimate of drug-likeness (QED) is 0.404. The molecule has 164 valence electrons. The van der Waals surface area contributed by atoms with Gasteiger partial charge in [0, 0.05) is 37.9 Å². The first-order valence-corrected chi connectivity index (χ1v) is 11.6. The average molecular weight is 451 g/mol. The van der Waals surface area contributed by atoms with Crippen molar-refractivity contribution in [3.8, 4) is 0 Å². The zero-order chi connectivity index (χ0) is 22.6. The fourth-order valence-electron chi connectivity index (χ4n) is 3.36. The SMILES string of the molecule is Cc1ccc(S(=O)(=O)N(Cc2cccnc2)Cc2nccn2Cc2ccc(F)cc2)cc1. The van der Waals surface area contributed by atoms with E-state index in [4.69, 9.17) is 0 Å². The average Bonchev–Trinajstić information content (AvgIpc) is 3.22. The molecule has 2 heterocycles. The molecule has 8 heteroatoms. The van der Waals surface area contributed by atoms with Crippen LogP contribution >= 0.6 is 0 Å². The van der Waals surface area contributed by atoms with Gasteiger partial charge in [0.05, 0.1) is 11.4 Å². The van der Waals surface area contributed by atoms with E-state index in [0.717, 1.165) is 16.7 Å². The van der Waals surface area contributed by atoms with E-state index in [1.165, 1.54) is 16.4 Å². The summed E-state index contributed by atoms with van der Waals surface area (Å²) in [4.78, 5) is 8.73. The van der Waals surface area contributed by atoms with Crippen molar-refractivity contribution in [2.24, 2.45) is 0 Å². The molecule has 0 spiro atoms. The van der Waals surface area contributed by atoms with Crippen LogP contribution in [0.15, 0.2) is 90.3 Å². The molecule has 32 heavy (non-hydrogen) atoms. The van der Waals surface area contributed by atoms with Gasteiger partial charge in [0.2, 0.25) is 10.0 Å². The first-order valence-electron chi connectivity index (χ1n) is 10.1. The van der Waals surface area contributed by atoms with Crippen LogP contribution in [0.25, 0.3) is 0 Å². The van der Waals surface area contributed by atoms with Crippen LogP contribution in [0, 0.1) is 12.7 Å². The molecular weight excluding hydrogens is 427 g/mol. The molecule has 0 fully saturated rings. The van der Waals surface area contributed by atoms with E-state index >= 15 is 0 Å². The van der Waals surface area contributed by atoms with Gasteiger partial charge >= 0.3 is 0 Å². The van der Waals surface area contributed by atoms with Crippen LogP contribution in [0.1, 0.15) is 22.5 Å². The molecule has 0 saturated carbocycles. The molecular formula is C24H23FN4O2S. The van der Waals surface area contributed by atoms with Gasteiger partial charge in [-0.25, -0.2) is 17.8 Å². The summed E-state index contributed by atoms with van der Waals surface area (Å²) in [7, 11) is -3.78. The van der Waals surface area contributed by atoms with Gasteiger partial charge in [-0.15, -0.1) is 0 Å². The largest absolute Gasteiger partial charge is 0.329 e. The van der Waals surface area contributed by atoms with E-state index in [1.54, 1.807) is 67.3 Å². The smallest absolute Gasteiger partial charge is 0.243 e. The van der Waals surface area contributed by atoms with E-state index in [2.05, 4.69) is 9.97 Å². The molecule has 0 aliphatic rings. The Balaban J connectivity index is 1.65. The summed E-state index contributed by atoms with van der Waals surface area (Å²) < 4.78 is 43.5. The Hall–Kier alpha value is -3.36. The number of aryl methyl sites for hydroxylation is 1. The van der Waals surface area contributed by atoms with E-state index in [1.807, 2.05) is 17.6 Å². The highest BCUT2D eigenvalue weighted by atomic mass is 32.2. The Kier molecular flexibility index (Phi) is 6.43. The second-order valence-corrected chi connectivity index (χ2v) is 9.48. The summed E-state index contributed by atoms with van der Waals surface area (Å²) in [5, 5.41) is 0. The molecule has 4 aromatic rings. The number of rotatable bonds is 8. The number of halogens is 1. The molecule has 6 nitrogen and oxygen atoms in total. The van der Waals surface area contributed by atoms with Gasteiger partial charge in [0.25, 0.3) is 0 Å². The minimum atomic E-state index is -3.78. The van der Waals surface area contributed by atoms with Crippen LogP contribution in [-0.2, 0) is 29.7 Å². The van der Waals surface area contributed by atoms with Crippen LogP contribution < -0.4 is 0 Å². The summed E-state index contributed by atoms with van der Waals surface area (Å²) in [5.41, 5.74) is 2.66. The summed E-state index contributed by atoms with van der Waals surface area (Å²) in [6.45, 7) is 2.61. The highest BCUT2D eigenvalue weighted by Crippen LogP contribution is 2.21. The normalized spacial score (nSPS) is 11.7. The standard InChI is InChI=1S/C24H23FN4O2S/c1-19-4-10-23(11-5-19)32(30,31)29(17-21-3-2-12-26-15-21)18-24-27-13-14-28(24)16-20-6-8-22(25)9-7-20/h2-15H,16-18H2,1H3. The van der Waals surface area contributed by atoms with Gasteiger partial charge in [-0.2, -0.15) is 4.31 Å². The molecule has 4 rings (SSSR count). The van der Waals surface area contributed by atoms with Gasteiger partial charge in [-0.05, 0) is 48.4 Å². The van der Waals surface area contributed by atoms with Gasteiger partial charge in [-0.1, -0.05) is 35.9 Å². The summed E-state index contributed by atoms with van der Waals surface area (Å²) in [6, 6.07) is 16.6. The van der Waals surface area contributed by atoms with Crippen molar-refractivity contribution in [3.05, 3.63) is 114 Å². The van der Waals surface area contributed by atoms with Crippen molar-refractivity contribution in [1.82, 2.24) is 18.8 Å². The van der Waals surface area contributed by atoms with E-state index in [9.17, 15) is 12.8 Å².